The van der Waals surface area contributed by atoms with Gasteiger partial charge in [0.2, 0.25) is 5.91 Å². The number of hydrogen-bond donors (Lipinski definition) is 2. The number of hydrogen-bond acceptors (Lipinski definition) is 6. The largest absolute Gasteiger partial charge is 0.493 e. The second-order valence-electron chi connectivity index (χ2n) is 4.89. The number of nitrogens with one attached hydrogen (secondary N) is 2. The Hall–Kier alpha value is -1.51. The molecule has 0 saturated carbocycles. The van der Waals surface area contributed by atoms with Crippen molar-refractivity contribution in [2.75, 3.05) is 40.1 Å². The van der Waals surface area contributed by atoms with Crippen molar-refractivity contribution in [2.45, 2.75) is 17.7 Å². The first-order valence-corrected chi connectivity index (χ1v) is 8.96. The molecule has 0 unspecified atom stereocenters. The van der Waals surface area contributed by atoms with Crippen LogP contribution >= 0.6 is 12.4 Å². The van der Waals surface area contributed by atoms with Crippen LogP contribution in [0.5, 0.6) is 11.5 Å². The maximum atomic E-state index is 12.3. The summed E-state index contributed by atoms with van der Waals surface area (Å²) in [7, 11) is 1.19. The third kappa shape index (κ3) is 6.94. The molecule has 1 aromatic carbocycles. The average molecular weight is 381 g/mol. The van der Waals surface area contributed by atoms with Crippen molar-refractivity contribution in [1.29, 1.82) is 0 Å². The van der Waals surface area contributed by atoms with E-state index in [0.29, 0.717) is 18.0 Å². The van der Waals surface area contributed by atoms with Crippen molar-refractivity contribution in [1.82, 2.24) is 10.6 Å². The first kappa shape index (κ1) is 22.5. The predicted octanol–water partition coefficient (Wildman–Crippen LogP) is 1.02. The Morgan fingerprint density at radius 1 is 1.12 bits per heavy atom. The maximum absolute atomic E-state index is 12.3. The van der Waals surface area contributed by atoms with Gasteiger partial charge < -0.3 is 20.1 Å². The first-order chi connectivity index (χ1) is 10.9. The molecule has 2 N–H and O–H groups in total. The van der Waals surface area contributed by atoms with Crippen molar-refractivity contribution in [2.24, 2.45) is 0 Å². The number of rotatable bonds is 10. The van der Waals surface area contributed by atoms with E-state index in [1.54, 1.807) is 0 Å². The van der Waals surface area contributed by atoms with Gasteiger partial charge in [0.1, 0.15) is 0 Å². The molecule has 138 valence electrons. The fourth-order valence-corrected chi connectivity index (χ4v) is 3.19. The molecule has 9 heteroatoms. The number of amides is 1. The summed E-state index contributed by atoms with van der Waals surface area (Å²) in [6, 6.07) is 4.38. The maximum Gasteiger partial charge on any atom is 0.221 e. The van der Waals surface area contributed by atoms with Crippen LogP contribution in [0.3, 0.4) is 0 Å². The van der Waals surface area contributed by atoms with Gasteiger partial charge >= 0.3 is 0 Å². The molecule has 1 aromatic rings. The third-order valence-corrected chi connectivity index (χ3v) is 4.95. The van der Waals surface area contributed by atoms with E-state index in [-0.39, 0.29) is 35.4 Å². The van der Waals surface area contributed by atoms with Crippen LogP contribution in [-0.2, 0) is 14.6 Å². The smallest absolute Gasteiger partial charge is 0.221 e. The van der Waals surface area contributed by atoms with E-state index in [1.165, 1.54) is 32.4 Å². The van der Waals surface area contributed by atoms with Gasteiger partial charge in [0.15, 0.2) is 21.3 Å². The standard InChI is InChI=1S/C15H24N2O5S.ClH/c1-16-8-4-9-17-15(18)7-10-23(19,20)12-5-6-13(21-2)14(11-12)22-3;/h5-6,11,16H,4,7-10H2,1-3H3,(H,17,18);1H. The number of halogens is 1. The van der Waals surface area contributed by atoms with Gasteiger partial charge in [-0.05, 0) is 32.1 Å². The lowest BCUT2D eigenvalue weighted by Gasteiger charge is -2.10. The van der Waals surface area contributed by atoms with Crippen LogP contribution in [0.1, 0.15) is 12.8 Å². The molecule has 0 aromatic heterocycles. The molecule has 0 fully saturated rings. The normalized spacial score (nSPS) is 10.6. The van der Waals surface area contributed by atoms with Crippen molar-refractivity contribution in [3.63, 3.8) is 0 Å². The number of benzene rings is 1. The Bertz CT molecular complexity index is 622. The first-order valence-electron chi connectivity index (χ1n) is 7.30. The zero-order valence-electron chi connectivity index (χ0n) is 14.1. The van der Waals surface area contributed by atoms with Gasteiger partial charge in [-0.25, -0.2) is 8.42 Å². The molecule has 0 heterocycles. The van der Waals surface area contributed by atoms with Crippen LogP contribution < -0.4 is 20.1 Å². The zero-order chi connectivity index (χ0) is 17.3. The van der Waals surface area contributed by atoms with Gasteiger partial charge in [-0.2, -0.15) is 0 Å². The Labute approximate surface area is 149 Å². The minimum absolute atomic E-state index is 0. The van der Waals surface area contributed by atoms with Crippen LogP contribution in [-0.4, -0.2) is 54.4 Å². The van der Waals surface area contributed by atoms with Gasteiger partial charge in [-0.3, -0.25) is 4.79 Å². The van der Waals surface area contributed by atoms with Crippen molar-refractivity contribution < 1.29 is 22.7 Å². The molecule has 1 rings (SSSR count). The van der Waals surface area contributed by atoms with E-state index in [4.69, 9.17) is 9.47 Å². The molecule has 24 heavy (non-hydrogen) atoms. The molecule has 0 bridgehead atoms. The topological polar surface area (TPSA) is 93.7 Å². The highest BCUT2D eigenvalue weighted by atomic mass is 35.5. The summed E-state index contributed by atoms with van der Waals surface area (Å²) in [5.41, 5.74) is 0. The summed E-state index contributed by atoms with van der Waals surface area (Å²) in [5.74, 6) is 0.268. The Morgan fingerprint density at radius 2 is 1.79 bits per heavy atom. The highest BCUT2D eigenvalue weighted by molar-refractivity contribution is 7.91. The fourth-order valence-electron chi connectivity index (χ4n) is 1.94. The molecule has 1 amide bonds. The minimum Gasteiger partial charge on any atom is -0.493 e. The van der Waals surface area contributed by atoms with E-state index in [2.05, 4.69) is 10.6 Å². The van der Waals surface area contributed by atoms with Gasteiger partial charge in [0, 0.05) is 19.0 Å². The Morgan fingerprint density at radius 3 is 2.38 bits per heavy atom. The highest BCUT2D eigenvalue weighted by Crippen LogP contribution is 2.29. The minimum atomic E-state index is -3.56. The monoisotopic (exact) mass is 380 g/mol. The lowest BCUT2D eigenvalue weighted by atomic mass is 10.3. The number of carbonyl (C=O) groups excluding carboxylic acids is 1. The van der Waals surface area contributed by atoms with Crippen molar-refractivity contribution in [3.05, 3.63) is 18.2 Å². The molecule has 0 atom stereocenters. The van der Waals surface area contributed by atoms with E-state index in [1.807, 2.05) is 7.05 Å². The molecule has 0 aliphatic rings. The lowest BCUT2D eigenvalue weighted by molar-refractivity contribution is -0.120. The van der Waals surface area contributed by atoms with E-state index < -0.39 is 9.84 Å². The number of sulfone groups is 1. The number of methoxy groups -OCH3 is 2. The predicted molar refractivity (Wildman–Crippen MR) is 95.0 cm³/mol. The van der Waals surface area contributed by atoms with E-state index in [9.17, 15) is 13.2 Å². The van der Waals surface area contributed by atoms with Crippen LogP contribution in [0.15, 0.2) is 23.1 Å². The van der Waals surface area contributed by atoms with Crippen LogP contribution in [0.2, 0.25) is 0 Å². The number of ether oxygens (including phenoxy) is 2. The summed E-state index contributed by atoms with van der Waals surface area (Å²) >= 11 is 0. The lowest BCUT2D eigenvalue weighted by Crippen LogP contribution is -2.28. The second-order valence-corrected chi connectivity index (χ2v) is 7.00. The average Bonchev–Trinajstić information content (AvgIpc) is 2.56. The third-order valence-electron chi connectivity index (χ3n) is 3.24. The van der Waals surface area contributed by atoms with Gasteiger partial charge in [0.05, 0.1) is 24.9 Å². The van der Waals surface area contributed by atoms with E-state index >= 15 is 0 Å². The quantitative estimate of drug-likeness (QED) is 0.588. The molecule has 0 radical (unpaired) electrons. The van der Waals surface area contributed by atoms with Crippen LogP contribution in [0, 0.1) is 0 Å². The Kier molecular flexibility index (Phi) is 10.4. The summed E-state index contributed by atoms with van der Waals surface area (Å²) in [4.78, 5) is 11.8. The summed E-state index contributed by atoms with van der Waals surface area (Å²) in [5, 5.41) is 5.66. The SMILES string of the molecule is CNCCCNC(=O)CCS(=O)(=O)c1ccc(OC)c(OC)c1.Cl. The second kappa shape index (κ2) is 11.1. The van der Waals surface area contributed by atoms with Gasteiger partial charge in [-0.1, -0.05) is 0 Å². The van der Waals surface area contributed by atoms with E-state index in [0.717, 1.165) is 13.0 Å². The molecule has 0 aliphatic heterocycles. The van der Waals surface area contributed by atoms with Gasteiger partial charge in [-0.15, -0.1) is 12.4 Å². The zero-order valence-corrected chi connectivity index (χ0v) is 15.8. The molecular weight excluding hydrogens is 356 g/mol. The Balaban J connectivity index is 0.00000529. The molecule has 0 aliphatic carbocycles. The molecule has 7 nitrogen and oxygen atoms in total. The molecule has 0 spiro atoms. The van der Waals surface area contributed by atoms with Crippen LogP contribution in [0.4, 0.5) is 0 Å². The van der Waals surface area contributed by atoms with Crippen molar-refractivity contribution >= 4 is 28.2 Å². The highest BCUT2D eigenvalue weighted by Gasteiger charge is 2.18. The summed E-state index contributed by atoms with van der Waals surface area (Å²) < 4.78 is 34.8. The molecular formula is C15H25ClN2O5S. The van der Waals surface area contributed by atoms with Crippen LogP contribution in [0.25, 0.3) is 0 Å². The summed E-state index contributed by atoms with van der Waals surface area (Å²) in [6.45, 7) is 1.32. The number of carbonyl (C=O) groups is 1. The summed E-state index contributed by atoms with van der Waals surface area (Å²) in [6.07, 6.45) is 0.723. The molecule has 0 saturated heterocycles. The van der Waals surface area contributed by atoms with Crippen molar-refractivity contribution in [3.8, 4) is 11.5 Å². The fraction of sp³-hybridized carbons (Fsp3) is 0.533. The van der Waals surface area contributed by atoms with Gasteiger partial charge in [0.25, 0.3) is 0 Å².